The van der Waals surface area contributed by atoms with Gasteiger partial charge in [0.15, 0.2) is 11.6 Å². The Balaban J connectivity index is 1.56. The molecule has 0 bridgehead atoms. The third kappa shape index (κ3) is 4.46. The summed E-state index contributed by atoms with van der Waals surface area (Å²) in [6.07, 6.45) is 4.14. The van der Waals surface area contributed by atoms with Crippen molar-refractivity contribution < 1.29 is 0 Å². The second-order valence-corrected chi connectivity index (χ2v) is 8.73. The standard InChI is InChI=1S/C20H34N8/c1-15-9-25(10-16(2)21-15)13-19-23-24-20(28(19)27-7-5-6-8-27)14-26-11-17(3)22-18(4)12-26/h5-8,15-18,21-22H,9-14H2,1-4H3/t15-,16-,17+,18+. The van der Waals surface area contributed by atoms with Gasteiger partial charge in [-0.05, 0) is 39.8 Å². The van der Waals surface area contributed by atoms with Crippen molar-refractivity contribution in [3.05, 3.63) is 36.2 Å². The van der Waals surface area contributed by atoms with Crippen LogP contribution in [0, 0.1) is 0 Å². The van der Waals surface area contributed by atoms with Crippen molar-refractivity contribution >= 4 is 0 Å². The van der Waals surface area contributed by atoms with Crippen LogP contribution in [-0.2, 0) is 13.1 Å². The second kappa shape index (κ2) is 8.32. The molecule has 0 aliphatic carbocycles. The van der Waals surface area contributed by atoms with Crippen molar-refractivity contribution in [2.24, 2.45) is 0 Å². The quantitative estimate of drug-likeness (QED) is 0.791. The van der Waals surface area contributed by atoms with Gasteiger partial charge in [-0.25, -0.2) is 4.68 Å². The zero-order valence-electron chi connectivity index (χ0n) is 17.5. The van der Waals surface area contributed by atoms with Crippen LogP contribution >= 0.6 is 0 Å². The van der Waals surface area contributed by atoms with Gasteiger partial charge in [0.2, 0.25) is 0 Å². The summed E-state index contributed by atoms with van der Waals surface area (Å²) in [7, 11) is 0. The summed E-state index contributed by atoms with van der Waals surface area (Å²) >= 11 is 0. The van der Waals surface area contributed by atoms with Crippen molar-refractivity contribution in [1.29, 1.82) is 0 Å². The molecule has 2 fully saturated rings. The van der Waals surface area contributed by atoms with Crippen LogP contribution in [0.15, 0.2) is 24.5 Å². The van der Waals surface area contributed by atoms with E-state index in [0.717, 1.165) is 50.9 Å². The molecule has 0 saturated carbocycles. The van der Waals surface area contributed by atoms with E-state index in [9.17, 15) is 0 Å². The summed E-state index contributed by atoms with van der Waals surface area (Å²) in [6.45, 7) is 14.8. The molecule has 2 aromatic rings. The van der Waals surface area contributed by atoms with E-state index in [1.54, 1.807) is 0 Å². The molecule has 2 aliphatic rings. The summed E-state index contributed by atoms with van der Waals surface area (Å²) in [6, 6.07) is 6.09. The van der Waals surface area contributed by atoms with Gasteiger partial charge < -0.3 is 10.6 Å². The Kier molecular flexibility index (Phi) is 5.82. The molecule has 4 rings (SSSR count). The van der Waals surface area contributed by atoms with E-state index in [1.807, 2.05) is 0 Å². The van der Waals surface area contributed by atoms with Crippen molar-refractivity contribution in [3.8, 4) is 0 Å². The summed E-state index contributed by atoms with van der Waals surface area (Å²) in [5.41, 5.74) is 0. The van der Waals surface area contributed by atoms with Gasteiger partial charge in [-0.2, -0.15) is 0 Å². The van der Waals surface area contributed by atoms with Gasteiger partial charge >= 0.3 is 0 Å². The van der Waals surface area contributed by atoms with Gasteiger partial charge in [-0.15, -0.1) is 10.2 Å². The fourth-order valence-corrected chi connectivity index (χ4v) is 4.81. The van der Waals surface area contributed by atoms with Crippen molar-refractivity contribution in [2.45, 2.75) is 65.0 Å². The van der Waals surface area contributed by atoms with E-state index < -0.39 is 0 Å². The molecule has 28 heavy (non-hydrogen) atoms. The number of nitrogens with zero attached hydrogens (tertiary/aromatic N) is 6. The fraction of sp³-hybridized carbons (Fsp3) is 0.700. The number of aromatic nitrogens is 4. The summed E-state index contributed by atoms with van der Waals surface area (Å²) in [5, 5.41) is 16.4. The first-order valence-electron chi connectivity index (χ1n) is 10.5. The van der Waals surface area contributed by atoms with Crippen LogP contribution in [-0.4, -0.2) is 79.7 Å². The van der Waals surface area contributed by atoms with E-state index in [4.69, 9.17) is 0 Å². The van der Waals surface area contributed by atoms with Crippen molar-refractivity contribution in [2.75, 3.05) is 26.2 Å². The van der Waals surface area contributed by atoms with E-state index in [0.29, 0.717) is 24.2 Å². The molecule has 0 spiro atoms. The minimum absolute atomic E-state index is 0.495. The minimum atomic E-state index is 0.495. The first-order chi connectivity index (χ1) is 13.5. The number of rotatable bonds is 5. The number of nitrogens with one attached hydrogen (secondary N) is 2. The first-order valence-corrected chi connectivity index (χ1v) is 10.5. The van der Waals surface area contributed by atoms with Crippen LogP contribution in [0.5, 0.6) is 0 Å². The van der Waals surface area contributed by atoms with Crippen LogP contribution in [0.4, 0.5) is 0 Å². The number of hydrogen-bond acceptors (Lipinski definition) is 6. The smallest absolute Gasteiger partial charge is 0.167 e. The lowest BCUT2D eigenvalue weighted by Gasteiger charge is -2.36. The maximum Gasteiger partial charge on any atom is 0.167 e. The van der Waals surface area contributed by atoms with E-state index in [2.05, 4.69) is 92.2 Å². The molecule has 0 aromatic carbocycles. The van der Waals surface area contributed by atoms with Gasteiger partial charge in [-0.1, -0.05) is 0 Å². The Morgan fingerprint density at radius 1 is 0.750 bits per heavy atom. The molecule has 4 heterocycles. The normalized spacial score (nSPS) is 30.0. The average Bonchev–Trinajstić information content (AvgIpc) is 3.23. The lowest BCUT2D eigenvalue weighted by molar-refractivity contribution is 0.156. The third-order valence-electron chi connectivity index (χ3n) is 5.59. The maximum absolute atomic E-state index is 4.61. The highest BCUT2D eigenvalue weighted by Gasteiger charge is 2.26. The van der Waals surface area contributed by atoms with Crippen LogP contribution in [0.1, 0.15) is 39.3 Å². The molecule has 0 amide bonds. The van der Waals surface area contributed by atoms with Gasteiger partial charge in [0, 0.05) is 62.7 Å². The Bertz CT molecular complexity index is 689. The van der Waals surface area contributed by atoms with Crippen LogP contribution in [0.25, 0.3) is 0 Å². The molecule has 2 N–H and O–H groups in total. The largest absolute Gasteiger partial charge is 0.309 e. The fourth-order valence-electron chi connectivity index (χ4n) is 4.81. The topological polar surface area (TPSA) is 66.2 Å². The molecule has 4 atom stereocenters. The minimum Gasteiger partial charge on any atom is -0.309 e. The summed E-state index contributed by atoms with van der Waals surface area (Å²) in [5.74, 6) is 2.01. The monoisotopic (exact) mass is 386 g/mol. The predicted octanol–water partition coefficient (Wildman–Crippen LogP) is 0.755. The predicted molar refractivity (Wildman–Crippen MR) is 110 cm³/mol. The molecule has 8 heteroatoms. The van der Waals surface area contributed by atoms with E-state index >= 15 is 0 Å². The van der Waals surface area contributed by atoms with E-state index in [1.165, 1.54) is 0 Å². The summed E-state index contributed by atoms with van der Waals surface area (Å²) < 4.78 is 4.30. The molecule has 2 aromatic heterocycles. The van der Waals surface area contributed by atoms with Gasteiger partial charge in [-0.3, -0.25) is 14.5 Å². The zero-order valence-corrected chi connectivity index (χ0v) is 17.5. The highest BCUT2D eigenvalue weighted by atomic mass is 15.5. The molecule has 2 saturated heterocycles. The van der Waals surface area contributed by atoms with Gasteiger partial charge in [0.05, 0.1) is 13.1 Å². The number of hydrogen-bond donors (Lipinski definition) is 2. The van der Waals surface area contributed by atoms with Crippen LogP contribution in [0.2, 0.25) is 0 Å². The average molecular weight is 387 g/mol. The highest BCUT2D eigenvalue weighted by molar-refractivity contribution is 5.03. The Hall–Kier alpha value is -1.74. The Morgan fingerprint density at radius 3 is 1.54 bits per heavy atom. The van der Waals surface area contributed by atoms with E-state index in [-0.39, 0.29) is 0 Å². The SMILES string of the molecule is C[C@@H]1CN(Cc2nnc(CN3C[C@H](C)N[C@@H](C)C3)n2-n2cccc2)C[C@@H](C)N1. The molecule has 154 valence electrons. The van der Waals surface area contributed by atoms with Crippen molar-refractivity contribution in [3.63, 3.8) is 0 Å². The highest BCUT2D eigenvalue weighted by Crippen LogP contribution is 2.14. The Labute approximate surface area is 167 Å². The third-order valence-corrected chi connectivity index (χ3v) is 5.59. The Morgan fingerprint density at radius 2 is 1.14 bits per heavy atom. The van der Waals surface area contributed by atoms with Gasteiger partial charge in [0.1, 0.15) is 0 Å². The molecule has 0 radical (unpaired) electrons. The molecular weight excluding hydrogens is 352 g/mol. The molecule has 0 unspecified atom stereocenters. The maximum atomic E-state index is 4.61. The zero-order chi connectivity index (χ0) is 19.7. The molecule has 8 nitrogen and oxygen atoms in total. The lowest BCUT2D eigenvalue weighted by Crippen LogP contribution is -2.54. The second-order valence-electron chi connectivity index (χ2n) is 8.73. The lowest BCUT2D eigenvalue weighted by atomic mass is 10.1. The van der Waals surface area contributed by atoms with Crippen LogP contribution < -0.4 is 10.6 Å². The molecule has 2 aliphatic heterocycles. The number of piperazine rings is 2. The van der Waals surface area contributed by atoms with Gasteiger partial charge in [0.25, 0.3) is 0 Å². The first kappa shape index (κ1) is 19.6. The van der Waals surface area contributed by atoms with Crippen molar-refractivity contribution in [1.82, 2.24) is 40.0 Å². The summed E-state index contributed by atoms with van der Waals surface area (Å²) in [4.78, 5) is 4.96. The molecular formula is C20H34N8. The van der Waals surface area contributed by atoms with Crippen LogP contribution in [0.3, 0.4) is 0 Å².